The minimum Gasteiger partial charge on any atom is -0.449 e. The van der Waals surface area contributed by atoms with Crippen molar-refractivity contribution in [3.05, 3.63) is 0 Å². The minimum atomic E-state index is -0.603. The summed E-state index contributed by atoms with van der Waals surface area (Å²) in [5.41, 5.74) is 4.63. The van der Waals surface area contributed by atoms with Crippen molar-refractivity contribution in [1.29, 1.82) is 0 Å². The van der Waals surface area contributed by atoms with Gasteiger partial charge in [0.1, 0.15) is 0 Å². The van der Waals surface area contributed by atoms with Crippen molar-refractivity contribution in [3.63, 3.8) is 0 Å². The number of hydrogen-bond acceptors (Lipinski definition) is 3. The second-order valence-electron chi connectivity index (χ2n) is 5.03. The second kappa shape index (κ2) is 5.38. The molecule has 3 atom stereocenters. The standard InChI is InChI=1S/C12H20N2O3/c1-2-17-12(16)14-13-11(15)7-10-6-8-3-4-9(10)5-8/h8-10H,2-7H2,1H3,(H,13,15)(H,14,16). The van der Waals surface area contributed by atoms with Gasteiger partial charge in [0.25, 0.3) is 0 Å². The molecule has 2 bridgehead atoms. The first kappa shape index (κ1) is 12.2. The molecule has 0 aromatic rings. The van der Waals surface area contributed by atoms with Crippen LogP contribution in [0.4, 0.5) is 4.79 Å². The van der Waals surface area contributed by atoms with Crippen molar-refractivity contribution >= 4 is 12.0 Å². The molecule has 2 fully saturated rings. The van der Waals surface area contributed by atoms with E-state index in [-0.39, 0.29) is 5.91 Å². The largest absolute Gasteiger partial charge is 0.449 e. The van der Waals surface area contributed by atoms with E-state index in [0.717, 1.165) is 11.8 Å². The number of ether oxygens (including phenoxy) is 1. The van der Waals surface area contributed by atoms with Gasteiger partial charge in [-0.1, -0.05) is 6.42 Å². The van der Waals surface area contributed by atoms with Crippen LogP contribution < -0.4 is 10.9 Å². The fourth-order valence-electron chi connectivity index (χ4n) is 3.20. The Morgan fingerprint density at radius 3 is 2.65 bits per heavy atom. The lowest BCUT2D eigenvalue weighted by Gasteiger charge is -2.20. The third kappa shape index (κ3) is 3.11. The molecule has 2 aliphatic rings. The summed E-state index contributed by atoms with van der Waals surface area (Å²) in [5.74, 6) is 1.97. The normalized spacial score (nSPS) is 30.1. The van der Waals surface area contributed by atoms with Gasteiger partial charge in [-0.25, -0.2) is 10.2 Å². The fraction of sp³-hybridized carbons (Fsp3) is 0.833. The molecule has 2 aliphatic carbocycles. The van der Waals surface area contributed by atoms with Crippen LogP contribution in [0.2, 0.25) is 0 Å². The minimum absolute atomic E-state index is 0.115. The number of amides is 2. The quantitative estimate of drug-likeness (QED) is 0.736. The molecule has 0 heterocycles. The molecule has 5 nitrogen and oxygen atoms in total. The van der Waals surface area contributed by atoms with E-state index in [1.54, 1.807) is 6.92 Å². The summed E-state index contributed by atoms with van der Waals surface area (Å²) in [6.45, 7) is 2.02. The van der Waals surface area contributed by atoms with E-state index < -0.39 is 6.09 Å². The van der Waals surface area contributed by atoms with Crippen LogP contribution in [-0.2, 0) is 9.53 Å². The zero-order valence-electron chi connectivity index (χ0n) is 10.2. The number of hydrazine groups is 1. The van der Waals surface area contributed by atoms with Gasteiger partial charge in [-0.2, -0.15) is 0 Å². The Hall–Kier alpha value is -1.26. The molecule has 0 aromatic heterocycles. The van der Waals surface area contributed by atoms with Crippen molar-refractivity contribution in [3.8, 4) is 0 Å². The van der Waals surface area contributed by atoms with Crippen molar-refractivity contribution < 1.29 is 14.3 Å². The summed E-state index contributed by atoms with van der Waals surface area (Å²) in [6.07, 6.45) is 5.00. The maximum absolute atomic E-state index is 11.6. The molecule has 5 heteroatoms. The summed E-state index contributed by atoms with van der Waals surface area (Å²) in [7, 11) is 0. The maximum Gasteiger partial charge on any atom is 0.426 e. The lowest BCUT2D eigenvalue weighted by Crippen LogP contribution is -2.42. The predicted molar refractivity (Wildman–Crippen MR) is 61.9 cm³/mol. The van der Waals surface area contributed by atoms with Gasteiger partial charge in [0.05, 0.1) is 6.61 Å². The van der Waals surface area contributed by atoms with Gasteiger partial charge < -0.3 is 4.74 Å². The molecule has 0 saturated heterocycles. The molecule has 2 N–H and O–H groups in total. The Morgan fingerprint density at radius 1 is 1.24 bits per heavy atom. The molecule has 0 radical (unpaired) electrons. The highest BCUT2D eigenvalue weighted by atomic mass is 16.5. The zero-order valence-corrected chi connectivity index (χ0v) is 10.2. The predicted octanol–water partition coefficient (Wildman–Crippen LogP) is 1.59. The van der Waals surface area contributed by atoms with E-state index in [1.807, 2.05) is 0 Å². The van der Waals surface area contributed by atoms with Gasteiger partial charge in [-0.05, 0) is 43.9 Å². The summed E-state index contributed by atoms with van der Waals surface area (Å²) in [5, 5.41) is 0. The number of hydrogen-bond donors (Lipinski definition) is 2. The van der Waals surface area contributed by atoms with E-state index in [9.17, 15) is 9.59 Å². The average Bonchev–Trinajstić information content (AvgIpc) is 2.88. The zero-order chi connectivity index (χ0) is 12.3. The Morgan fingerprint density at radius 2 is 2.06 bits per heavy atom. The lowest BCUT2D eigenvalue weighted by atomic mass is 9.86. The van der Waals surface area contributed by atoms with E-state index in [0.29, 0.717) is 18.9 Å². The fourth-order valence-corrected chi connectivity index (χ4v) is 3.20. The molecule has 2 amide bonds. The molecule has 2 rings (SSSR count). The second-order valence-corrected chi connectivity index (χ2v) is 5.03. The smallest absolute Gasteiger partial charge is 0.426 e. The van der Waals surface area contributed by atoms with Crippen molar-refractivity contribution in [2.75, 3.05) is 6.61 Å². The van der Waals surface area contributed by atoms with Crippen LogP contribution in [0.5, 0.6) is 0 Å². The Labute approximate surface area is 101 Å². The Balaban J connectivity index is 1.66. The highest BCUT2D eigenvalue weighted by Gasteiger charge is 2.40. The van der Waals surface area contributed by atoms with Crippen LogP contribution in [0.1, 0.15) is 39.0 Å². The van der Waals surface area contributed by atoms with Gasteiger partial charge >= 0.3 is 6.09 Å². The molecule has 3 unspecified atom stereocenters. The van der Waals surface area contributed by atoms with E-state index >= 15 is 0 Å². The number of nitrogens with one attached hydrogen (secondary N) is 2. The number of fused-ring (bicyclic) bond motifs is 2. The van der Waals surface area contributed by atoms with Crippen LogP contribution >= 0.6 is 0 Å². The first-order chi connectivity index (χ1) is 8.19. The maximum atomic E-state index is 11.6. The molecule has 2 saturated carbocycles. The van der Waals surface area contributed by atoms with Gasteiger partial charge in [0, 0.05) is 6.42 Å². The van der Waals surface area contributed by atoms with Crippen LogP contribution in [0.3, 0.4) is 0 Å². The van der Waals surface area contributed by atoms with Gasteiger partial charge in [0.2, 0.25) is 5.91 Å². The molecule has 96 valence electrons. The summed E-state index contributed by atoms with van der Waals surface area (Å²) in [6, 6.07) is 0. The van der Waals surface area contributed by atoms with Crippen LogP contribution in [0.15, 0.2) is 0 Å². The molecule has 0 spiro atoms. The first-order valence-electron chi connectivity index (χ1n) is 6.40. The van der Waals surface area contributed by atoms with Gasteiger partial charge in [-0.15, -0.1) is 0 Å². The highest BCUT2D eigenvalue weighted by molar-refractivity contribution is 5.79. The molecule has 17 heavy (non-hydrogen) atoms. The monoisotopic (exact) mass is 240 g/mol. The van der Waals surface area contributed by atoms with Crippen LogP contribution in [0.25, 0.3) is 0 Å². The topological polar surface area (TPSA) is 67.4 Å². The average molecular weight is 240 g/mol. The summed E-state index contributed by atoms with van der Waals surface area (Å²) in [4.78, 5) is 22.6. The summed E-state index contributed by atoms with van der Waals surface area (Å²) < 4.78 is 4.65. The number of carbonyl (C=O) groups is 2. The van der Waals surface area contributed by atoms with Crippen molar-refractivity contribution in [2.24, 2.45) is 17.8 Å². The van der Waals surface area contributed by atoms with Crippen molar-refractivity contribution in [2.45, 2.75) is 39.0 Å². The van der Waals surface area contributed by atoms with E-state index in [4.69, 9.17) is 0 Å². The molecular weight excluding hydrogens is 220 g/mol. The molecule has 0 aliphatic heterocycles. The number of carbonyl (C=O) groups excluding carboxylic acids is 2. The number of rotatable bonds is 3. The molecular formula is C12H20N2O3. The third-order valence-electron chi connectivity index (χ3n) is 3.91. The first-order valence-corrected chi connectivity index (χ1v) is 6.40. The SMILES string of the molecule is CCOC(=O)NNC(=O)CC1CC2CCC1C2. The van der Waals surface area contributed by atoms with E-state index in [2.05, 4.69) is 15.6 Å². The Bertz CT molecular complexity index is 306. The molecule has 0 aromatic carbocycles. The van der Waals surface area contributed by atoms with Crippen LogP contribution in [-0.4, -0.2) is 18.6 Å². The lowest BCUT2D eigenvalue weighted by molar-refractivity contribution is -0.123. The summed E-state index contributed by atoms with van der Waals surface area (Å²) >= 11 is 0. The van der Waals surface area contributed by atoms with Gasteiger partial charge in [-0.3, -0.25) is 10.2 Å². The van der Waals surface area contributed by atoms with Gasteiger partial charge in [0.15, 0.2) is 0 Å². The van der Waals surface area contributed by atoms with Crippen LogP contribution in [0, 0.1) is 17.8 Å². The highest BCUT2D eigenvalue weighted by Crippen LogP contribution is 2.49. The Kier molecular flexibility index (Phi) is 3.86. The third-order valence-corrected chi connectivity index (χ3v) is 3.91. The van der Waals surface area contributed by atoms with E-state index in [1.165, 1.54) is 25.7 Å². The van der Waals surface area contributed by atoms with Crippen molar-refractivity contribution in [1.82, 2.24) is 10.9 Å².